The molecule has 1 fully saturated rings. The molecule has 3 rings (SSSR count). The highest BCUT2D eigenvalue weighted by molar-refractivity contribution is 5.97. The summed E-state index contributed by atoms with van der Waals surface area (Å²) in [5.74, 6) is 0.503. The predicted octanol–water partition coefficient (Wildman–Crippen LogP) is 5.43. The standard InChI is InChI=1S/C26H36N2O4/c1-13-14(2)16(4)23-22(15(13)3)17(5)18(6)27-24(23)31-20-11-21(19(7)29)28(12-20)25(30)32-26(8,9)10/h20-21H,11-12H2,1-10H3/t20-,21+/m1/s1. The second-order valence-electron chi connectivity index (χ2n) is 10.1. The van der Waals surface area contributed by atoms with E-state index in [9.17, 15) is 9.59 Å². The Kier molecular flexibility index (Phi) is 6.29. The van der Waals surface area contributed by atoms with E-state index in [-0.39, 0.29) is 18.4 Å². The highest BCUT2D eigenvalue weighted by atomic mass is 16.6. The molecule has 1 aromatic carbocycles. The lowest BCUT2D eigenvalue weighted by atomic mass is 9.90. The summed E-state index contributed by atoms with van der Waals surface area (Å²) in [4.78, 5) is 31.3. The van der Waals surface area contributed by atoms with Crippen LogP contribution < -0.4 is 4.74 Å². The molecule has 1 aromatic heterocycles. The first kappa shape index (κ1) is 24.0. The van der Waals surface area contributed by atoms with Crippen LogP contribution in [0.5, 0.6) is 5.88 Å². The first-order valence-corrected chi connectivity index (χ1v) is 11.3. The van der Waals surface area contributed by atoms with Gasteiger partial charge in [0.2, 0.25) is 5.88 Å². The van der Waals surface area contributed by atoms with E-state index in [1.165, 1.54) is 33.9 Å². The van der Waals surface area contributed by atoms with Gasteiger partial charge < -0.3 is 9.47 Å². The fourth-order valence-electron chi connectivity index (χ4n) is 4.56. The van der Waals surface area contributed by atoms with E-state index in [1.54, 1.807) is 0 Å². The number of amides is 1. The molecule has 0 N–H and O–H groups in total. The number of likely N-dealkylation sites (tertiary alicyclic amines) is 1. The monoisotopic (exact) mass is 440 g/mol. The molecular formula is C26H36N2O4. The number of Topliss-reactive ketones (excluding diaryl/α,β-unsaturated/α-hetero) is 1. The summed E-state index contributed by atoms with van der Waals surface area (Å²) in [7, 11) is 0. The number of hydrogen-bond donors (Lipinski definition) is 0. The third kappa shape index (κ3) is 4.32. The first-order valence-electron chi connectivity index (χ1n) is 11.3. The lowest BCUT2D eigenvalue weighted by Crippen LogP contribution is -2.43. The molecule has 0 bridgehead atoms. The zero-order valence-corrected chi connectivity index (χ0v) is 21.1. The summed E-state index contributed by atoms with van der Waals surface area (Å²) in [6, 6.07) is -0.556. The fourth-order valence-corrected chi connectivity index (χ4v) is 4.56. The number of fused-ring (bicyclic) bond motifs is 1. The minimum Gasteiger partial charge on any atom is -0.472 e. The van der Waals surface area contributed by atoms with Gasteiger partial charge in [0, 0.05) is 17.5 Å². The van der Waals surface area contributed by atoms with E-state index in [4.69, 9.17) is 14.5 Å². The highest BCUT2D eigenvalue weighted by Gasteiger charge is 2.41. The number of carbonyl (C=O) groups is 2. The topological polar surface area (TPSA) is 68.7 Å². The van der Waals surface area contributed by atoms with Gasteiger partial charge in [-0.15, -0.1) is 0 Å². The predicted molar refractivity (Wildman–Crippen MR) is 127 cm³/mol. The van der Waals surface area contributed by atoms with Crippen molar-refractivity contribution in [3.05, 3.63) is 33.5 Å². The minimum atomic E-state index is -0.632. The quantitative estimate of drug-likeness (QED) is 0.636. The van der Waals surface area contributed by atoms with Crippen molar-refractivity contribution in [3.63, 3.8) is 0 Å². The van der Waals surface area contributed by atoms with Crippen molar-refractivity contribution >= 4 is 22.6 Å². The van der Waals surface area contributed by atoms with E-state index in [0.29, 0.717) is 12.3 Å². The SMILES string of the molecule is CC(=O)[C@@H]1C[C@@H](Oc2nc(C)c(C)c3c(C)c(C)c(C)c(C)c23)CN1C(=O)OC(C)(C)C. The molecule has 0 unspecified atom stereocenters. The highest BCUT2D eigenvalue weighted by Crippen LogP contribution is 2.38. The average molecular weight is 441 g/mol. The van der Waals surface area contributed by atoms with Crippen molar-refractivity contribution in [2.45, 2.75) is 93.4 Å². The summed E-state index contributed by atoms with van der Waals surface area (Å²) in [5.41, 5.74) is 6.34. The Morgan fingerprint density at radius 1 is 0.906 bits per heavy atom. The summed E-state index contributed by atoms with van der Waals surface area (Å²) in [6.07, 6.45) is -0.399. The molecule has 0 spiro atoms. The van der Waals surface area contributed by atoms with Crippen LogP contribution in [0.1, 0.15) is 67.6 Å². The molecule has 1 aliphatic rings. The molecule has 2 heterocycles. The van der Waals surface area contributed by atoms with Crippen molar-refractivity contribution < 1.29 is 19.1 Å². The van der Waals surface area contributed by atoms with Crippen LogP contribution in [0.3, 0.4) is 0 Å². The van der Waals surface area contributed by atoms with Crippen LogP contribution in [-0.4, -0.2) is 46.1 Å². The number of carbonyl (C=O) groups excluding carboxylic acids is 2. The molecular weight excluding hydrogens is 404 g/mol. The zero-order valence-electron chi connectivity index (χ0n) is 21.1. The van der Waals surface area contributed by atoms with Crippen LogP contribution in [0.15, 0.2) is 0 Å². The van der Waals surface area contributed by atoms with Crippen LogP contribution in [0.25, 0.3) is 10.8 Å². The molecule has 0 saturated carbocycles. The minimum absolute atomic E-state index is 0.0710. The van der Waals surface area contributed by atoms with Gasteiger partial charge in [0.25, 0.3) is 0 Å². The molecule has 1 saturated heterocycles. The van der Waals surface area contributed by atoms with E-state index in [0.717, 1.165) is 22.2 Å². The number of aryl methyl sites for hydroxylation is 4. The van der Waals surface area contributed by atoms with Gasteiger partial charge in [-0.1, -0.05) is 0 Å². The smallest absolute Gasteiger partial charge is 0.411 e. The Hall–Kier alpha value is -2.63. The maximum Gasteiger partial charge on any atom is 0.411 e. The Balaban J connectivity index is 2.02. The van der Waals surface area contributed by atoms with Crippen molar-refractivity contribution in [2.75, 3.05) is 6.54 Å². The number of ether oxygens (including phenoxy) is 2. The Labute approximate surface area is 191 Å². The summed E-state index contributed by atoms with van der Waals surface area (Å²) >= 11 is 0. The number of pyridine rings is 1. The molecule has 2 atom stereocenters. The molecule has 0 aliphatic carbocycles. The third-order valence-corrected chi connectivity index (χ3v) is 6.73. The van der Waals surface area contributed by atoms with Gasteiger partial charge in [-0.05, 0) is 102 Å². The van der Waals surface area contributed by atoms with Crippen LogP contribution in [0.2, 0.25) is 0 Å². The first-order chi connectivity index (χ1) is 14.7. The van der Waals surface area contributed by atoms with E-state index in [2.05, 4.69) is 34.6 Å². The van der Waals surface area contributed by atoms with Gasteiger partial charge in [-0.2, -0.15) is 0 Å². The van der Waals surface area contributed by atoms with Gasteiger partial charge in [-0.25, -0.2) is 9.78 Å². The van der Waals surface area contributed by atoms with Gasteiger partial charge in [0.15, 0.2) is 5.78 Å². The van der Waals surface area contributed by atoms with E-state index in [1.807, 2.05) is 27.7 Å². The number of aromatic nitrogens is 1. The van der Waals surface area contributed by atoms with Crippen molar-refractivity contribution in [2.24, 2.45) is 0 Å². The number of hydrogen-bond acceptors (Lipinski definition) is 5. The molecule has 174 valence electrons. The van der Waals surface area contributed by atoms with Gasteiger partial charge in [0.1, 0.15) is 11.7 Å². The Morgan fingerprint density at radius 3 is 2.00 bits per heavy atom. The Bertz CT molecular complexity index is 1100. The number of rotatable bonds is 3. The lowest BCUT2D eigenvalue weighted by Gasteiger charge is -2.27. The molecule has 32 heavy (non-hydrogen) atoms. The second-order valence-corrected chi connectivity index (χ2v) is 10.1. The molecule has 1 amide bonds. The molecule has 1 aliphatic heterocycles. The van der Waals surface area contributed by atoms with Crippen molar-refractivity contribution in [3.8, 4) is 5.88 Å². The van der Waals surface area contributed by atoms with Crippen molar-refractivity contribution in [1.29, 1.82) is 0 Å². The average Bonchev–Trinajstić information content (AvgIpc) is 3.10. The maximum absolute atomic E-state index is 12.7. The molecule has 0 radical (unpaired) electrons. The number of ketones is 1. The second kappa shape index (κ2) is 8.38. The summed E-state index contributed by atoms with van der Waals surface area (Å²) in [5, 5.41) is 2.20. The normalized spacial score (nSPS) is 18.9. The lowest BCUT2D eigenvalue weighted by molar-refractivity contribution is -0.121. The number of benzene rings is 1. The summed E-state index contributed by atoms with van der Waals surface area (Å²) in [6.45, 7) is 19.9. The number of nitrogens with zero attached hydrogens (tertiary/aromatic N) is 2. The van der Waals surface area contributed by atoms with Gasteiger partial charge in [0.05, 0.1) is 12.6 Å². The molecule has 6 heteroatoms. The van der Waals surface area contributed by atoms with Gasteiger partial charge in [-0.3, -0.25) is 9.69 Å². The molecule has 6 nitrogen and oxygen atoms in total. The van der Waals surface area contributed by atoms with E-state index < -0.39 is 17.7 Å². The van der Waals surface area contributed by atoms with Gasteiger partial charge >= 0.3 is 6.09 Å². The summed E-state index contributed by atoms with van der Waals surface area (Å²) < 4.78 is 12.0. The Morgan fingerprint density at radius 2 is 1.47 bits per heavy atom. The van der Waals surface area contributed by atoms with Crippen molar-refractivity contribution in [1.82, 2.24) is 9.88 Å². The maximum atomic E-state index is 12.7. The van der Waals surface area contributed by atoms with Crippen LogP contribution in [0, 0.1) is 41.5 Å². The van der Waals surface area contributed by atoms with Crippen LogP contribution >= 0.6 is 0 Å². The fraction of sp³-hybridized carbons (Fsp3) is 0.577. The van der Waals surface area contributed by atoms with E-state index >= 15 is 0 Å². The van der Waals surface area contributed by atoms with Crippen LogP contribution in [0.4, 0.5) is 4.79 Å². The van der Waals surface area contributed by atoms with Crippen LogP contribution in [-0.2, 0) is 9.53 Å². The zero-order chi connectivity index (χ0) is 24.1. The third-order valence-electron chi connectivity index (χ3n) is 6.73. The largest absolute Gasteiger partial charge is 0.472 e. The molecule has 2 aromatic rings.